The monoisotopic (exact) mass is 498 g/mol. The predicted molar refractivity (Wildman–Crippen MR) is 142 cm³/mol. The van der Waals surface area contributed by atoms with Crippen LogP contribution in [0, 0.1) is 40.4 Å². The van der Waals surface area contributed by atoms with E-state index in [1.165, 1.54) is 57.8 Å². The molecule has 0 aromatic heterocycles. The molecule has 0 aliphatic heterocycles. The van der Waals surface area contributed by atoms with Crippen molar-refractivity contribution in [3.8, 4) is 0 Å². The molecule has 186 valence electrons. The van der Waals surface area contributed by atoms with Crippen molar-refractivity contribution in [2.75, 3.05) is 5.50 Å². The molecular weight excluding hydrogens is 448 g/mol. The molecule has 0 bridgehead atoms. The number of hydrogen-bond acceptors (Lipinski definition) is 2. The van der Waals surface area contributed by atoms with E-state index in [0.29, 0.717) is 23.0 Å². The van der Waals surface area contributed by atoms with Crippen LogP contribution in [-0.4, -0.2) is 34.3 Å². The topological polar surface area (TPSA) is 18.5 Å². The van der Waals surface area contributed by atoms with Crippen LogP contribution in [-0.2, 0) is 8.85 Å². The van der Waals surface area contributed by atoms with E-state index in [1.807, 2.05) is 0 Å². The van der Waals surface area contributed by atoms with Gasteiger partial charge >= 0.3 is 0 Å². The lowest BCUT2D eigenvalue weighted by molar-refractivity contribution is -0.129. The highest BCUT2D eigenvalue weighted by Crippen LogP contribution is 2.68. The molecule has 0 aromatic carbocycles. The lowest BCUT2D eigenvalue weighted by Gasteiger charge is -2.61. The SMILES string of the molecule is CC(O[Si](C)(C)C)C1CCC2C3CCC4CC(O[Si](C)(C)CCl)CCC4(C)C3CCC12C. The third kappa shape index (κ3) is 4.71. The van der Waals surface area contributed by atoms with Crippen molar-refractivity contribution in [3.05, 3.63) is 0 Å². The van der Waals surface area contributed by atoms with Crippen molar-refractivity contribution in [3.63, 3.8) is 0 Å². The van der Waals surface area contributed by atoms with Crippen molar-refractivity contribution in [1.29, 1.82) is 0 Å². The van der Waals surface area contributed by atoms with E-state index < -0.39 is 16.6 Å². The lowest BCUT2D eigenvalue weighted by Crippen LogP contribution is -2.55. The van der Waals surface area contributed by atoms with Crippen LogP contribution in [0.25, 0.3) is 0 Å². The van der Waals surface area contributed by atoms with Gasteiger partial charge in [-0.3, -0.25) is 0 Å². The molecule has 9 atom stereocenters. The molecule has 2 nitrogen and oxygen atoms in total. The van der Waals surface area contributed by atoms with Crippen LogP contribution in [0.5, 0.6) is 0 Å². The third-order valence-electron chi connectivity index (χ3n) is 10.6. The highest BCUT2D eigenvalue weighted by atomic mass is 35.5. The molecule has 4 fully saturated rings. The smallest absolute Gasteiger partial charge is 0.201 e. The molecule has 0 saturated heterocycles. The Morgan fingerprint density at radius 3 is 2.19 bits per heavy atom. The highest BCUT2D eigenvalue weighted by Gasteiger charge is 2.61. The fraction of sp³-hybridized carbons (Fsp3) is 1.00. The minimum absolute atomic E-state index is 0.433. The first kappa shape index (κ1) is 25.7. The van der Waals surface area contributed by atoms with Gasteiger partial charge in [0.15, 0.2) is 8.32 Å². The van der Waals surface area contributed by atoms with Gasteiger partial charge < -0.3 is 8.85 Å². The van der Waals surface area contributed by atoms with E-state index in [2.05, 4.69) is 53.5 Å². The molecule has 0 heterocycles. The van der Waals surface area contributed by atoms with Gasteiger partial charge in [0, 0.05) is 17.7 Å². The van der Waals surface area contributed by atoms with Crippen LogP contribution >= 0.6 is 11.6 Å². The fourth-order valence-corrected chi connectivity index (χ4v) is 11.9. The first-order valence-electron chi connectivity index (χ1n) is 13.7. The van der Waals surface area contributed by atoms with Crippen LogP contribution in [0.2, 0.25) is 32.7 Å². The zero-order valence-corrected chi connectivity index (χ0v) is 25.1. The van der Waals surface area contributed by atoms with E-state index in [0.717, 1.165) is 35.1 Å². The second-order valence-corrected chi connectivity index (χ2v) is 23.5. The number of alkyl halides is 1. The molecule has 4 saturated carbocycles. The quantitative estimate of drug-likeness (QED) is 0.271. The number of hydrogen-bond donors (Lipinski definition) is 0. The Morgan fingerprint density at radius 1 is 0.875 bits per heavy atom. The molecule has 5 heteroatoms. The summed E-state index contributed by atoms with van der Waals surface area (Å²) in [5.41, 5.74) is 1.76. The zero-order chi connectivity index (χ0) is 23.5. The summed E-state index contributed by atoms with van der Waals surface area (Å²) in [6, 6.07) is 0. The fourth-order valence-electron chi connectivity index (χ4n) is 9.26. The van der Waals surface area contributed by atoms with Crippen LogP contribution in [0.4, 0.5) is 0 Å². The Labute approximate surface area is 206 Å². The number of rotatable bonds is 6. The summed E-state index contributed by atoms with van der Waals surface area (Å²) in [4.78, 5) is 0. The second-order valence-electron chi connectivity index (χ2n) is 14.2. The summed E-state index contributed by atoms with van der Waals surface area (Å²) in [6.45, 7) is 19.4. The van der Waals surface area contributed by atoms with E-state index in [9.17, 15) is 0 Å². The number of fused-ring (bicyclic) bond motifs is 5. The standard InChI is InChI=1S/C27H51ClO2Si2/c1-19(29-31(4,5)6)23-11-12-24-22-10-9-20-17-21(30-32(7,8)18-28)13-15-26(20,2)25(22)14-16-27(23,24)3/h19-25H,9-18H2,1-8H3. The molecular formula is C27H51ClO2Si2. The summed E-state index contributed by atoms with van der Waals surface area (Å²) >= 11 is 6.23. The minimum Gasteiger partial charge on any atom is -0.415 e. The van der Waals surface area contributed by atoms with Gasteiger partial charge in [-0.2, -0.15) is 0 Å². The Bertz CT molecular complexity index is 679. The summed E-state index contributed by atoms with van der Waals surface area (Å²) < 4.78 is 13.3. The average Bonchev–Trinajstić information content (AvgIpc) is 3.04. The minimum atomic E-state index is -1.69. The molecule has 0 spiro atoms. The van der Waals surface area contributed by atoms with E-state index in [4.69, 9.17) is 20.5 Å². The summed E-state index contributed by atoms with van der Waals surface area (Å²) in [5.74, 6) is 4.43. The molecule has 0 aromatic rings. The predicted octanol–water partition coefficient (Wildman–Crippen LogP) is 8.25. The molecule has 4 rings (SSSR count). The van der Waals surface area contributed by atoms with Gasteiger partial charge in [0.25, 0.3) is 0 Å². The van der Waals surface area contributed by atoms with Crippen molar-refractivity contribution in [2.45, 2.75) is 124 Å². The highest BCUT2D eigenvalue weighted by molar-refractivity contribution is 6.77. The van der Waals surface area contributed by atoms with Gasteiger partial charge in [-0.05, 0) is 138 Å². The first-order chi connectivity index (χ1) is 14.8. The molecule has 9 unspecified atom stereocenters. The molecule has 0 radical (unpaired) electrons. The van der Waals surface area contributed by atoms with Crippen molar-refractivity contribution < 1.29 is 8.85 Å². The Balaban J connectivity index is 1.46. The second kappa shape index (κ2) is 8.94. The van der Waals surface area contributed by atoms with Crippen molar-refractivity contribution in [1.82, 2.24) is 0 Å². The Morgan fingerprint density at radius 2 is 1.53 bits per heavy atom. The van der Waals surface area contributed by atoms with Gasteiger partial charge in [0.2, 0.25) is 8.32 Å². The van der Waals surface area contributed by atoms with E-state index in [1.54, 1.807) is 0 Å². The van der Waals surface area contributed by atoms with Crippen molar-refractivity contribution >= 4 is 28.2 Å². The van der Waals surface area contributed by atoms with E-state index in [-0.39, 0.29) is 0 Å². The Hall–Kier alpha value is 0.644. The summed E-state index contributed by atoms with van der Waals surface area (Å²) in [7, 11) is -3.18. The van der Waals surface area contributed by atoms with Gasteiger partial charge in [-0.1, -0.05) is 13.8 Å². The summed E-state index contributed by atoms with van der Waals surface area (Å²) in [5, 5.41) is 0. The molecule has 0 amide bonds. The molecule has 0 N–H and O–H groups in total. The lowest BCUT2D eigenvalue weighted by atomic mass is 9.44. The van der Waals surface area contributed by atoms with Crippen LogP contribution in [0.3, 0.4) is 0 Å². The Kier molecular flexibility index (Phi) is 7.19. The van der Waals surface area contributed by atoms with Crippen LogP contribution in [0.15, 0.2) is 0 Å². The summed E-state index contributed by atoms with van der Waals surface area (Å²) in [6.07, 6.45) is 13.4. The van der Waals surface area contributed by atoms with Crippen LogP contribution < -0.4 is 0 Å². The van der Waals surface area contributed by atoms with Gasteiger partial charge in [0.05, 0.1) is 0 Å². The number of halogens is 1. The maximum atomic E-state index is 6.66. The average molecular weight is 499 g/mol. The molecule has 32 heavy (non-hydrogen) atoms. The zero-order valence-electron chi connectivity index (χ0n) is 22.3. The molecule has 4 aliphatic rings. The molecule has 4 aliphatic carbocycles. The third-order valence-corrected chi connectivity index (χ3v) is 15.2. The van der Waals surface area contributed by atoms with E-state index >= 15 is 0 Å². The largest absolute Gasteiger partial charge is 0.415 e. The van der Waals surface area contributed by atoms with Crippen LogP contribution in [0.1, 0.15) is 78.6 Å². The first-order valence-corrected chi connectivity index (χ1v) is 20.8. The van der Waals surface area contributed by atoms with Gasteiger partial charge in [-0.25, -0.2) is 0 Å². The van der Waals surface area contributed by atoms with Gasteiger partial charge in [0.1, 0.15) is 0 Å². The van der Waals surface area contributed by atoms with Gasteiger partial charge in [-0.15, -0.1) is 11.6 Å². The normalized spacial score (nSPS) is 45.7. The maximum absolute atomic E-state index is 6.66. The maximum Gasteiger partial charge on any atom is 0.201 e. The van der Waals surface area contributed by atoms with Crippen molar-refractivity contribution in [2.24, 2.45) is 40.4 Å².